The molecule has 9 heavy (non-hydrogen) atoms. The van der Waals surface area contributed by atoms with Gasteiger partial charge in [0.05, 0.1) is 5.75 Å². The van der Waals surface area contributed by atoms with Gasteiger partial charge in [0.25, 0.3) is 0 Å². The molecule has 0 bridgehead atoms. The van der Waals surface area contributed by atoms with Gasteiger partial charge in [0, 0.05) is 14.2 Å². The largest absolute Gasteiger partial charge is 0.355 e. The maximum Gasteiger partial charge on any atom is 0.166 e. The van der Waals surface area contributed by atoms with Gasteiger partial charge < -0.3 is 9.47 Å². The van der Waals surface area contributed by atoms with E-state index in [1.165, 1.54) is 0 Å². The van der Waals surface area contributed by atoms with E-state index in [1.54, 1.807) is 14.2 Å². The molecule has 0 spiro atoms. The number of thioether (sulfide) groups is 1. The minimum atomic E-state index is -0.255. The molecule has 0 aliphatic heterocycles. The van der Waals surface area contributed by atoms with Crippen molar-refractivity contribution in [2.45, 2.75) is 6.29 Å². The van der Waals surface area contributed by atoms with Crippen molar-refractivity contribution in [1.82, 2.24) is 0 Å². The fraction of sp³-hybridized carbons (Fsp3) is 0.800. The Kier molecular flexibility index (Phi) is 5.73. The SMILES string of the molecule is COC(CSC#N)OC. The monoisotopic (exact) mass is 147 g/mol. The average molecular weight is 147 g/mol. The summed E-state index contributed by atoms with van der Waals surface area (Å²) < 4.78 is 9.61. The second-order valence-electron chi connectivity index (χ2n) is 1.30. The van der Waals surface area contributed by atoms with Gasteiger partial charge in [-0.15, -0.1) is 0 Å². The van der Waals surface area contributed by atoms with Gasteiger partial charge in [-0.25, -0.2) is 0 Å². The molecule has 0 aromatic rings. The maximum absolute atomic E-state index is 8.11. The van der Waals surface area contributed by atoms with Crippen LogP contribution in [-0.2, 0) is 9.47 Å². The normalized spacial score (nSPS) is 9.56. The van der Waals surface area contributed by atoms with Crippen molar-refractivity contribution < 1.29 is 9.47 Å². The molecule has 0 heterocycles. The van der Waals surface area contributed by atoms with E-state index in [2.05, 4.69) is 0 Å². The second kappa shape index (κ2) is 5.89. The summed E-state index contributed by atoms with van der Waals surface area (Å²) in [5.41, 5.74) is 0. The van der Waals surface area contributed by atoms with Crippen LogP contribution in [0.3, 0.4) is 0 Å². The third kappa shape index (κ3) is 4.28. The second-order valence-corrected chi connectivity index (χ2v) is 2.11. The van der Waals surface area contributed by atoms with Crippen LogP contribution in [0.4, 0.5) is 0 Å². The number of hydrogen-bond donors (Lipinski definition) is 0. The molecule has 0 aliphatic carbocycles. The zero-order valence-corrected chi connectivity index (χ0v) is 6.27. The minimum Gasteiger partial charge on any atom is -0.355 e. The molecule has 0 aromatic heterocycles. The predicted molar refractivity (Wildman–Crippen MR) is 35.9 cm³/mol. The molecule has 0 saturated carbocycles. The van der Waals surface area contributed by atoms with Crippen molar-refractivity contribution in [3.8, 4) is 5.40 Å². The van der Waals surface area contributed by atoms with Gasteiger partial charge in [-0.2, -0.15) is 5.26 Å². The van der Waals surface area contributed by atoms with Gasteiger partial charge in [-0.1, -0.05) is 0 Å². The van der Waals surface area contributed by atoms with Gasteiger partial charge in [0.2, 0.25) is 0 Å². The fourth-order valence-electron chi connectivity index (χ4n) is 0.338. The van der Waals surface area contributed by atoms with Crippen molar-refractivity contribution in [3.05, 3.63) is 0 Å². The Hall–Kier alpha value is -0.240. The Morgan fingerprint density at radius 1 is 1.56 bits per heavy atom. The third-order valence-electron chi connectivity index (χ3n) is 0.810. The van der Waals surface area contributed by atoms with Crippen LogP contribution in [0.5, 0.6) is 0 Å². The molecular formula is C5H9NO2S. The quantitative estimate of drug-likeness (QED) is 0.436. The lowest BCUT2D eigenvalue weighted by atomic mass is 10.7. The van der Waals surface area contributed by atoms with Crippen LogP contribution in [0, 0.1) is 10.7 Å². The van der Waals surface area contributed by atoms with Crippen LogP contribution in [0.25, 0.3) is 0 Å². The van der Waals surface area contributed by atoms with Crippen molar-refractivity contribution in [1.29, 1.82) is 5.26 Å². The maximum atomic E-state index is 8.11. The van der Waals surface area contributed by atoms with E-state index in [0.29, 0.717) is 5.75 Å². The summed E-state index contributed by atoms with van der Waals surface area (Å²) in [6.45, 7) is 0. The third-order valence-corrected chi connectivity index (χ3v) is 1.38. The van der Waals surface area contributed by atoms with Crippen LogP contribution < -0.4 is 0 Å². The highest BCUT2D eigenvalue weighted by atomic mass is 32.2. The van der Waals surface area contributed by atoms with E-state index in [-0.39, 0.29) is 6.29 Å². The van der Waals surface area contributed by atoms with Crippen molar-refractivity contribution in [3.63, 3.8) is 0 Å². The molecule has 0 radical (unpaired) electrons. The molecule has 0 aliphatic rings. The Labute approximate surface area is 58.9 Å². The highest BCUT2D eigenvalue weighted by Crippen LogP contribution is 2.02. The number of nitriles is 1. The van der Waals surface area contributed by atoms with E-state index in [9.17, 15) is 0 Å². The summed E-state index contributed by atoms with van der Waals surface area (Å²) in [7, 11) is 3.10. The summed E-state index contributed by atoms with van der Waals surface area (Å²) in [4.78, 5) is 0. The summed E-state index contributed by atoms with van der Waals surface area (Å²) in [6.07, 6.45) is -0.255. The Morgan fingerprint density at radius 3 is 2.44 bits per heavy atom. The number of methoxy groups -OCH3 is 2. The Morgan fingerprint density at radius 2 is 2.11 bits per heavy atom. The highest BCUT2D eigenvalue weighted by molar-refractivity contribution is 8.03. The van der Waals surface area contributed by atoms with Crippen molar-refractivity contribution >= 4 is 11.8 Å². The van der Waals surface area contributed by atoms with E-state index < -0.39 is 0 Å². The van der Waals surface area contributed by atoms with E-state index in [0.717, 1.165) is 11.8 Å². The van der Waals surface area contributed by atoms with Gasteiger partial charge in [0.1, 0.15) is 5.40 Å². The summed E-state index contributed by atoms with van der Waals surface area (Å²) in [6, 6.07) is 0. The molecule has 52 valence electrons. The molecule has 0 N–H and O–H groups in total. The molecule has 0 unspecified atom stereocenters. The van der Waals surface area contributed by atoms with Crippen LogP contribution in [0.1, 0.15) is 0 Å². The van der Waals surface area contributed by atoms with Crippen LogP contribution in [-0.4, -0.2) is 26.3 Å². The molecule has 0 atom stereocenters. The lowest BCUT2D eigenvalue weighted by Crippen LogP contribution is -2.15. The number of rotatable bonds is 4. The number of hydrogen-bond acceptors (Lipinski definition) is 4. The number of nitrogens with zero attached hydrogens (tertiary/aromatic N) is 1. The predicted octanol–water partition coefficient (Wildman–Crippen LogP) is 0.820. The summed E-state index contributed by atoms with van der Waals surface area (Å²) in [5.74, 6) is 0.559. The first kappa shape index (κ1) is 8.76. The molecule has 4 heteroatoms. The molecule has 0 aromatic carbocycles. The first-order valence-corrected chi connectivity index (χ1v) is 3.40. The first-order chi connectivity index (χ1) is 4.35. The topological polar surface area (TPSA) is 42.2 Å². The standard InChI is InChI=1S/C5H9NO2S/c1-7-5(8-2)3-9-4-6/h5H,3H2,1-2H3. The van der Waals surface area contributed by atoms with Gasteiger partial charge in [-0.05, 0) is 11.8 Å². The van der Waals surface area contributed by atoms with Gasteiger partial charge in [-0.3, -0.25) is 0 Å². The highest BCUT2D eigenvalue weighted by Gasteiger charge is 2.02. The smallest absolute Gasteiger partial charge is 0.166 e. The number of ether oxygens (including phenoxy) is 2. The van der Waals surface area contributed by atoms with E-state index in [4.69, 9.17) is 14.7 Å². The first-order valence-electron chi connectivity index (χ1n) is 2.41. The van der Waals surface area contributed by atoms with E-state index >= 15 is 0 Å². The van der Waals surface area contributed by atoms with Gasteiger partial charge >= 0.3 is 0 Å². The minimum absolute atomic E-state index is 0.255. The van der Waals surface area contributed by atoms with E-state index in [1.807, 2.05) is 5.40 Å². The van der Waals surface area contributed by atoms with Crippen molar-refractivity contribution in [2.24, 2.45) is 0 Å². The van der Waals surface area contributed by atoms with Gasteiger partial charge in [0.15, 0.2) is 6.29 Å². The molecule has 0 saturated heterocycles. The zero-order valence-electron chi connectivity index (χ0n) is 5.46. The molecule has 0 amide bonds. The molecule has 0 rings (SSSR count). The van der Waals surface area contributed by atoms with Crippen LogP contribution >= 0.6 is 11.8 Å². The van der Waals surface area contributed by atoms with Crippen LogP contribution in [0.15, 0.2) is 0 Å². The summed E-state index contributed by atoms with van der Waals surface area (Å²) in [5, 5.41) is 10.0. The lowest BCUT2D eigenvalue weighted by molar-refractivity contribution is -0.0841. The fourth-order valence-corrected chi connectivity index (χ4v) is 0.820. The average Bonchev–Trinajstić information content (AvgIpc) is 1.91. The zero-order chi connectivity index (χ0) is 7.11. The summed E-state index contributed by atoms with van der Waals surface area (Å²) >= 11 is 1.12. The number of thiocyanates is 1. The lowest BCUT2D eigenvalue weighted by Gasteiger charge is -2.09. The van der Waals surface area contributed by atoms with Crippen molar-refractivity contribution in [2.75, 3.05) is 20.0 Å². The Bertz CT molecular complexity index is 97.6. The molecular weight excluding hydrogens is 138 g/mol. The Balaban J connectivity index is 3.22. The molecule has 3 nitrogen and oxygen atoms in total. The molecule has 0 fully saturated rings. The van der Waals surface area contributed by atoms with Crippen LogP contribution in [0.2, 0.25) is 0 Å².